The smallest absolute Gasteiger partial charge is 0.227 e. The molecule has 1 amide bonds. The maximum atomic E-state index is 12.7. The number of methoxy groups -OCH3 is 1. The molecule has 0 bridgehead atoms. The number of nitrogens with zero attached hydrogens (tertiary/aromatic N) is 1. The number of carbonyl (C=O) groups is 1. The summed E-state index contributed by atoms with van der Waals surface area (Å²) < 4.78 is 30.6. The maximum Gasteiger partial charge on any atom is 0.227 e. The summed E-state index contributed by atoms with van der Waals surface area (Å²) in [4.78, 5) is 14.4. The SMILES string of the molecule is COc1ccc(CC(=O)N2CCC(S(=O)(=O)c3ccc(Cl)cc3)C2)cc1. The minimum atomic E-state index is -3.47. The highest BCUT2D eigenvalue weighted by atomic mass is 35.5. The van der Waals surface area contributed by atoms with Gasteiger partial charge in [0.15, 0.2) is 9.84 Å². The van der Waals surface area contributed by atoms with Crippen LogP contribution in [-0.4, -0.2) is 44.7 Å². The molecule has 2 aromatic rings. The van der Waals surface area contributed by atoms with Crippen LogP contribution in [0.4, 0.5) is 0 Å². The van der Waals surface area contributed by atoms with Gasteiger partial charge in [0.05, 0.1) is 23.7 Å². The van der Waals surface area contributed by atoms with Crippen molar-refractivity contribution >= 4 is 27.3 Å². The number of hydrogen-bond acceptors (Lipinski definition) is 4. The third-order valence-electron chi connectivity index (χ3n) is 4.59. The lowest BCUT2D eigenvalue weighted by molar-refractivity contribution is -0.129. The molecule has 7 heteroatoms. The molecule has 0 saturated carbocycles. The van der Waals surface area contributed by atoms with E-state index in [2.05, 4.69) is 0 Å². The first kappa shape index (κ1) is 18.7. The van der Waals surface area contributed by atoms with E-state index in [1.54, 1.807) is 36.3 Å². The van der Waals surface area contributed by atoms with Gasteiger partial charge >= 0.3 is 0 Å². The standard InChI is InChI=1S/C19H20ClNO4S/c1-25-16-6-2-14(3-7-16)12-19(22)21-11-10-18(13-21)26(23,24)17-8-4-15(20)5-9-17/h2-9,18H,10-13H2,1H3. The number of carbonyl (C=O) groups excluding carboxylic acids is 1. The first-order chi connectivity index (χ1) is 12.4. The first-order valence-corrected chi connectivity index (χ1v) is 10.2. The molecule has 0 spiro atoms. The number of sulfone groups is 1. The van der Waals surface area contributed by atoms with Gasteiger partial charge in [0.2, 0.25) is 5.91 Å². The molecule has 2 aromatic carbocycles. The van der Waals surface area contributed by atoms with Gasteiger partial charge in [-0.2, -0.15) is 0 Å². The molecule has 26 heavy (non-hydrogen) atoms. The summed E-state index contributed by atoms with van der Waals surface area (Å²) in [6, 6.07) is 13.5. The van der Waals surface area contributed by atoms with Crippen molar-refractivity contribution < 1.29 is 17.9 Å². The van der Waals surface area contributed by atoms with Crippen LogP contribution in [0.2, 0.25) is 5.02 Å². The molecule has 0 aliphatic carbocycles. The zero-order chi connectivity index (χ0) is 18.7. The molecule has 1 unspecified atom stereocenters. The van der Waals surface area contributed by atoms with Crippen molar-refractivity contribution in [3.63, 3.8) is 0 Å². The van der Waals surface area contributed by atoms with E-state index < -0.39 is 15.1 Å². The predicted octanol–water partition coefficient (Wildman–Crippen LogP) is 2.97. The molecule has 0 radical (unpaired) electrons. The Morgan fingerprint density at radius 2 is 1.81 bits per heavy atom. The minimum Gasteiger partial charge on any atom is -0.497 e. The third kappa shape index (κ3) is 4.02. The Hall–Kier alpha value is -2.05. The molecule has 1 fully saturated rings. The summed E-state index contributed by atoms with van der Waals surface area (Å²) >= 11 is 5.83. The van der Waals surface area contributed by atoms with Crippen LogP contribution in [0.5, 0.6) is 5.75 Å². The van der Waals surface area contributed by atoms with Crippen molar-refractivity contribution in [1.29, 1.82) is 0 Å². The van der Waals surface area contributed by atoms with E-state index in [0.717, 1.165) is 11.3 Å². The highest BCUT2D eigenvalue weighted by Gasteiger charge is 2.35. The van der Waals surface area contributed by atoms with Crippen molar-refractivity contribution in [1.82, 2.24) is 4.90 Å². The third-order valence-corrected chi connectivity index (χ3v) is 7.04. The zero-order valence-corrected chi connectivity index (χ0v) is 16.0. The zero-order valence-electron chi connectivity index (χ0n) is 14.4. The van der Waals surface area contributed by atoms with E-state index in [0.29, 0.717) is 18.0 Å². The topological polar surface area (TPSA) is 63.7 Å². The van der Waals surface area contributed by atoms with Gasteiger partial charge in [0.1, 0.15) is 5.75 Å². The Kier molecular flexibility index (Phi) is 5.53. The van der Waals surface area contributed by atoms with Crippen LogP contribution in [0.3, 0.4) is 0 Å². The molecule has 0 N–H and O–H groups in total. The lowest BCUT2D eigenvalue weighted by Gasteiger charge is -2.17. The van der Waals surface area contributed by atoms with Gasteiger partial charge in [-0.1, -0.05) is 23.7 Å². The van der Waals surface area contributed by atoms with E-state index in [-0.39, 0.29) is 23.8 Å². The molecule has 1 saturated heterocycles. The number of benzene rings is 2. The van der Waals surface area contributed by atoms with Crippen LogP contribution < -0.4 is 4.74 Å². The molecule has 1 aliphatic rings. The molecular formula is C19H20ClNO4S. The molecular weight excluding hydrogens is 374 g/mol. The molecule has 5 nitrogen and oxygen atoms in total. The van der Waals surface area contributed by atoms with Crippen LogP contribution in [0.1, 0.15) is 12.0 Å². The number of halogens is 1. The van der Waals surface area contributed by atoms with Crippen LogP contribution in [0, 0.1) is 0 Å². The van der Waals surface area contributed by atoms with Crippen LogP contribution in [0.15, 0.2) is 53.4 Å². The second-order valence-electron chi connectivity index (χ2n) is 6.27. The van der Waals surface area contributed by atoms with Crippen LogP contribution >= 0.6 is 11.6 Å². The van der Waals surface area contributed by atoms with E-state index in [1.165, 1.54) is 12.1 Å². The summed E-state index contributed by atoms with van der Waals surface area (Å²) in [7, 11) is -1.88. The van der Waals surface area contributed by atoms with Crippen molar-refractivity contribution in [2.24, 2.45) is 0 Å². The molecule has 0 aromatic heterocycles. The fraction of sp³-hybridized carbons (Fsp3) is 0.316. The molecule has 3 rings (SSSR count). The van der Waals surface area contributed by atoms with E-state index in [1.807, 2.05) is 12.1 Å². The van der Waals surface area contributed by atoms with Gasteiger partial charge in [-0.05, 0) is 48.4 Å². The Morgan fingerprint density at radius 1 is 1.15 bits per heavy atom. The molecule has 138 valence electrons. The highest BCUT2D eigenvalue weighted by Crippen LogP contribution is 2.25. The quantitative estimate of drug-likeness (QED) is 0.783. The predicted molar refractivity (Wildman–Crippen MR) is 100 cm³/mol. The number of rotatable bonds is 5. The van der Waals surface area contributed by atoms with Gasteiger partial charge in [0, 0.05) is 18.1 Å². The van der Waals surface area contributed by atoms with Crippen molar-refractivity contribution in [3.8, 4) is 5.75 Å². The molecule has 1 heterocycles. The largest absolute Gasteiger partial charge is 0.497 e. The van der Waals surface area contributed by atoms with E-state index >= 15 is 0 Å². The highest BCUT2D eigenvalue weighted by molar-refractivity contribution is 7.92. The molecule has 1 aliphatic heterocycles. The second kappa shape index (κ2) is 7.68. The van der Waals surface area contributed by atoms with Crippen LogP contribution in [-0.2, 0) is 21.1 Å². The minimum absolute atomic E-state index is 0.0658. The first-order valence-electron chi connectivity index (χ1n) is 8.30. The van der Waals surface area contributed by atoms with Crippen molar-refractivity contribution in [2.45, 2.75) is 23.0 Å². The fourth-order valence-electron chi connectivity index (χ4n) is 3.05. The number of hydrogen-bond donors (Lipinski definition) is 0. The van der Waals surface area contributed by atoms with Crippen LogP contribution in [0.25, 0.3) is 0 Å². The summed E-state index contributed by atoms with van der Waals surface area (Å²) in [6.45, 7) is 0.673. The summed E-state index contributed by atoms with van der Waals surface area (Å²) in [6.07, 6.45) is 0.691. The van der Waals surface area contributed by atoms with Crippen molar-refractivity contribution in [3.05, 3.63) is 59.1 Å². The Labute approximate surface area is 158 Å². The lowest BCUT2D eigenvalue weighted by atomic mass is 10.1. The van der Waals surface area contributed by atoms with Gasteiger partial charge in [-0.3, -0.25) is 4.79 Å². The molecule has 1 atom stereocenters. The average molecular weight is 394 g/mol. The monoisotopic (exact) mass is 393 g/mol. The Bertz CT molecular complexity index is 879. The van der Waals surface area contributed by atoms with Gasteiger partial charge < -0.3 is 9.64 Å². The second-order valence-corrected chi connectivity index (χ2v) is 8.94. The van der Waals surface area contributed by atoms with E-state index in [9.17, 15) is 13.2 Å². The van der Waals surface area contributed by atoms with Gasteiger partial charge in [-0.15, -0.1) is 0 Å². The van der Waals surface area contributed by atoms with E-state index in [4.69, 9.17) is 16.3 Å². The number of likely N-dealkylation sites (tertiary alicyclic amines) is 1. The maximum absolute atomic E-state index is 12.7. The van der Waals surface area contributed by atoms with Gasteiger partial charge in [-0.25, -0.2) is 8.42 Å². The summed E-state index contributed by atoms with van der Waals surface area (Å²) in [5.74, 6) is 0.667. The van der Waals surface area contributed by atoms with Gasteiger partial charge in [0.25, 0.3) is 0 Å². The lowest BCUT2D eigenvalue weighted by Crippen LogP contribution is -2.32. The van der Waals surface area contributed by atoms with Crippen molar-refractivity contribution in [2.75, 3.05) is 20.2 Å². The Balaban J connectivity index is 1.65. The normalized spacial score (nSPS) is 17.3. The fourth-order valence-corrected chi connectivity index (χ4v) is 4.87. The number of ether oxygens (including phenoxy) is 1. The average Bonchev–Trinajstić information content (AvgIpc) is 3.14. The Morgan fingerprint density at radius 3 is 2.42 bits per heavy atom. The number of amides is 1. The summed E-state index contributed by atoms with van der Waals surface area (Å²) in [5.41, 5.74) is 0.875. The summed E-state index contributed by atoms with van der Waals surface area (Å²) in [5, 5.41) is -0.0878.